The van der Waals surface area contributed by atoms with Crippen molar-refractivity contribution in [3.05, 3.63) is 66.5 Å². The summed E-state index contributed by atoms with van der Waals surface area (Å²) in [6.45, 7) is 7.71. The summed E-state index contributed by atoms with van der Waals surface area (Å²) in [7, 11) is 0. The van der Waals surface area contributed by atoms with E-state index in [1.54, 1.807) is 17.8 Å². The van der Waals surface area contributed by atoms with E-state index in [0.717, 1.165) is 28.2 Å². The van der Waals surface area contributed by atoms with Gasteiger partial charge in [-0.2, -0.15) is 0 Å². The molecule has 2 aromatic rings. The maximum atomic E-state index is 5.42. The first-order valence-corrected chi connectivity index (χ1v) is 8.00. The van der Waals surface area contributed by atoms with Crippen molar-refractivity contribution in [2.24, 2.45) is 0 Å². The standard InChI is InChI=1S/C18H19NOS/c1-5-7-14(8-6-2)17-13(3)20-19-18(17)15-9-11-16(21-4)12-10-15/h5-12H,1H2,2-4H3/b8-6-,14-7+. The van der Waals surface area contributed by atoms with Crippen LogP contribution in [-0.2, 0) is 0 Å². The lowest BCUT2D eigenvalue weighted by atomic mass is 9.98. The summed E-state index contributed by atoms with van der Waals surface area (Å²) in [5, 5.41) is 4.24. The molecule has 1 aromatic heterocycles. The van der Waals surface area contributed by atoms with Crippen molar-refractivity contribution in [1.29, 1.82) is 0 Å². The molecule has 1 aromatic carbocycles. The molecule has 3 heteroatoms. The zero-order chi connectivity index (χ0) is 15.2. The van der Waals surface area contributed by atoms with E-state index in [0.29, 0.717) is 0 Å². The fraction of sp³-hybridized carbons (Fsp3) is 0.167. The van der Waals surface area contributed by atoms with Gasteiger partial charge in [0.05, 0.1) is 5.56 Å². The molecule has 0 fully saturated rings. The third kappa shape index (κ3) is 3.37. The van der Waals surface area contributed by atoms with Crippen molar-refractivity contribution >= 4 is 17.3 Å². The Hall–Kier alpha value is -2.00. The highest BCUT2D eigenvalue weighted by Crippen LogP contribution is 2.32. The van der Waals surface area contributed by atoms with Crippen LogP contribution >= 0.6 is 11.8 Å². The van der Waals surface area contributed by atoms with Crippen LogP contribution in [0.4, 0.5) is 0 Å². The fourth-order valence-corrected chi connectivity index (χ4v) is 2.60. The fourth-order valence-electron chi connectivity index (χ4n) is 2.19. The van der Waals surface area contributed by atoms with Gasteiger partial charge >= 0.3 is 0 Å². The normalized spacial score (nSPS) is 12.0. The molecule has 108 valence electrons. The van der Waals surface area contributed by atoms with E-state index in [2.05, 4.69) is 42.3 Å². The van der Waals surface area contributed by atoms with Crippen LogP contribution < -0.4 is 0 Å². The minimum atomic E-state index is 0.810. The molecule has 2 nitrogen and oxygen atoms in total. The van der Waals surface area contributed by atoms with E-state index in [-0.39, 0.29) is 0 Å². The van der Waals surface area contributed by atoms with Crippen molar-refractivity contribution in [2.45, 2.75) is 18.7 Å². The van der Waals surface area contributed by atoms with Crippen molar-refractivity contribution in [2.75, 3.05) is 6.26 Å². The van der Waals surface area contributed by atoms with Crippen LogP contribution in [0.5, 0.6) is 0 Å². The molecule has 0 saturated carbocycles. The van der Waals surface area contributed by atoms with Gasteiger partial charge in [0, 0.05) is 10.5 Å². The first-order valence-electron chi connectivity index (χ1n) is 6.77. The summed E-state index contributed by atoms with van der Waals surface area (Å²) in [5.41, 5.74) is 3.99. The number of nitrogens with zero attached hydrogens (tertiary/aromatic N) is 1. The number of aromatic nitrogens is 1. The summed E-state index contributed by atoms with van der Waals surface area (Å²) >= 11 is 1.72. The Bertz CT molecular complexity index is 678. The zero-order valence-electron chi connectivity index (χ0n) is 12.6. The van der Waals surface area contributed by atoms with Gasteiger partial charge in [0.2, 0.25) is 0 Å². The summed E-state index contributed by atoms with van der Waals surface area (Å²) in [6, 6.07) is 8.35. The van der Waals surface area contributed by atoms with Gasteiger partial charge in [0.25, 0.3) is 0 Å². The van der Waals surface area contributed by atoms with Gasteiger partial charge in [-0.25, -0.2) is 0 Å². The number of thioether (sulfide) groups is 1. The lowest BCUT2D eigenvalue weighted by Gasteiger charge is -2.04. The lowest BCUT2D eigenvalue weighted by Crippen LogP contribution is -1.87. The highest BCUT2D eigenvalue weighted by atomic mass is 32.2. The molecule has 0 saturated heterocycles. The molecular formula is C18H19NOS. The number of rotatable bonds is 5. The molecule has 0 unspecified atom stereocenters. The molecule has 2 rings (SSSR count). The Morgan fingerprint density at radius 2 is 2.00 bits per heavy atom. The molecule has 0 radical (unpaired) electrons. The average molecular weight is 297 g/mol. The van der Waals surface area contributed by atoms with E-state index >= 15 is 0 Å². The molecule has 0 aliphatic rings. The van der Waals surface area contributed by atoms with Crippen LogP contribution in [0.25, 0.3) is 16.8 Å². The van der Waals surface area contributed by atoms with Gasteiger partial charge in [-0.3, -0.25) is 0 Å². The lowest BCUT2D eigenvalue weighted by molar-refractivity contribution is 0.399. The van der Waals surface area contributed by atoms with Gasteiger partial charge in [0.1, 0.15) is 11.5 Å². The second-order valence-corrected chi connectivity index (χ2v) is 5.43. The summed E-state index contributed by atoms with van der Waals surface area (Å²) < 4.78 is 5.42. The van der Waals surface area contributed by atoms with Gasteiger partial charge in [0.15, 0.2) is 0 Å². The molecule has 0 atom stereocenters. The van der Waals surface area contributed by atoms with E-state index in [1.165, 1.54) is 4.90 Å². The summed E-state index contributed by atoms with van der Waals surface area (Å²) in [5.74, 6) is 0.810. The molecule has 0 amide bonds. The SMILES string of the molecule is C=C/C=C(\C=C/C)c1c(-c2ccc(SC)cc2)noc1C. The Kier molecular flexibility index (Phi) is 5.23. The first kappa shape index (κ1) is 15.4. The van der Waals surface area contributed by atoms with Crippen LogP contribution in [0.1, 0.15) is 18.2 Å². The highest BCUT2D eigenvalue weighted by Gasteiger charge is 2.16. The van der Waals surface area contributed by atoms with E-state index in [9.17, 15) is 0 Å². The number of benzene rings is 1. The van der Waals surface area contributed by atoms with Gasteiger partial charge in [-0.1, -0.05) is 48.2 Å². The number of allylic oxidation sites excluding steroid dienone is 5. The van der Waals surface area contributed by atoms with Gasteiger partial charge < -0.3 is 4.52 Å². The second kappa shape index (κ2) is 7.14. The van der Waals surface area contributed by atoms with Crippen LogP contribution in [0.3, 0.4) is 0 Å². The monoisotopic (exact) mass is 297 g/mol. The average Bonchev–Trinajstić information content (AvgIpc) is 2.89. The minimum absolute atomic E-state index is 0.810. The molecule has 1 heterocycles. The third-order valence-corrected chi connectivity index (χ3v) is 3.90. The van der Waals surface area contributed by atoms with Crippen LogP contribution in [0, 0.1) is 6.92 Å². The topological polar surface area (TPSA) is 26.0 Å². The van der Waals surface area contributed by atoms with E-state index in [4.69, 9.17) is 4.52 Å². The minimum Gasteiger partial charge on any atom is -0.360 e. The third-order valence-electron chi connectivity index (χ3n) is 3.16. The predicted molar refractivity (Wildman–Crippen MR) is 91.4 cm³/mol. The number of hydrogen-bond acceptors (Lipinski definition) is 3. The predicted octanol–water partition coefficient (Wildman–Crippen LogP) is 5.52. The number of hydrogen-bond donors (Lipinski definition) is 0. The molecule has 21 heavy (non-hydrogen) atoms. The highest BCUT2D eigenvalue weighted by molar-refractivity contribution is 7.98. The Balaban J connectivity index is 2.55. The summed E-state index contributed by atoms with van der Waals surface area (Å²) in [4.78, 5) is 1.23. The van der Waals surface area contributed by atoms with Crippen LogP contribution in [0.2, 0.25) is 0 Å². The van der Waals surface area contributed by atoms with Crippen molar-refractivity contribution in [1.82, 2.24) is 5.16 Å². The molecule has 0 aliphatic heterocycles. The van der Waals surface area contributed by atoms with Gasteiger partial charge in [-0.05, 0) is 37.8 Å². The molecule has 0 N–H and O–H groups in total. The molecule has 0 bridgehead atoms. The van der Waals surface area contributed by atoms with E-state index in [1.807, 2.05) is 32.1 Å². The van der Waals surface area contributed by atoms with Crippen LogP contribution in [0.15, 0.2) is 64.6 Å². The quantitative estimate of drug-likeness (QED) is 0.537. The van der Waals surface area contributed by atoms with Crippen molar-refractivity contribution < 1.29 is 4.52 Å². The maximum Gasteiger partial charge on any atom is 0.142 e. The molecule has 0 spiro atoms. The Morgan fingerprint density at radius 1 is 1.29 bits per heavy atom. The largest absolute Gasteiger partial charge is 0.360 e. The molecular weight excluding hydrogens is 278 g/mol. The molecule has 0 aliphatic carbocycles. The second-order valence-electron chi connectivity index (χ2n) is 4.55. The Labute approximate surface area is 130 Å². The Morgan fingerprint density at radius 3 is 2.57 bits per heavy atom. The maximum absolute atomic E-state index is 5.42. The van der Waals surface area contributed by atoms with Crippen molar-refractivity contribution in [3.63, 3.8) is 0 Å². The number of aryl methyl sites for hydroxylation is 1. The van der Waals surface area contributed by atoms with Gasteiger partial charge in [-0.15, -0.1) is 11.8 Å². The van der Waals surface area contributed by atoms with Crippen molar-refractivity contribution in [3.8, 4) is 11.3 Å². The smallest absolute Gasteiger partial charge is 0.142 e. The van der Waals surface area contributed by atoms with Crippen LogP contribution in [-0.4, -0.2) is 11.4 Å². The van der Waals surface area contributed by atoms with E-state index < -0.39 is 0 Å². The zero-order valence-corrected chi connectivity index (χ0v) is 13.4. The summed E-state index contributed by atoms with van der Waals surface area (Å²) in [6.07, 6.45) is 9.86. The first-order chi connectivity index (χ1) is 10.2.